The number of nitrogens with zero attached hydrogens (tertiary/aromatic N) is 1. The molecule has 0 radical (unpaired) electrons. The number of H-pyrrole nitrogens is 1. The third kappa shape index (κ3) is 6.17. The number of carbonyl (C=O) groups excluding carboxylic acids is 3. The molecule has 0 bridgehead atoms. The molecule has 0 aliphatic rings. The van der Waals surface area contributed by atoms with Gasteiger partial charge in [-0.2, -0.15) is 0 Å². The Hall–Kier alpha value is -2.15. The molecule has 0 unspecified atom stereocenters. The molecule has 1 aromatic heterocycles. The van der Waals surface area contributed by atoms with Crippen molar-refractivity contribution in [1.29, 1.82) is 0 Å². The predicted molar refractivity (Wildman–Crippen MR) is 117 cm³/mol. The Labute approximate surface area is 180 Å². The number of aromatic amines is 1. The number of hydrogen-bond acceptors (Lipinski definition) is 5. The lowest BCUT2D eigenvalue weighted by Crippen LogP contribution is -2.47. The lowest BCUT2D eigenvalue weighted by molar-refractivity contribution is -0.137. The summed E-state index contributed by atoms with van der Waals surface area (Å²) in [6.45, 7) is 12.0. The highest BCUT2D eigenvalue weighted by Crippen LogP contribution is 2.24. The summed E-state index contributed by atoms with van der Waals surface area (Å²) < 4.78 is 10.3. The molecule has 1 aromatic rings. The maximum absolute atomic E-state index is 13.4. The van der Waals surface area contributed by atoms with Gasteiger partial charge in [0.15, 0.2) is 5.78 Å². The number of Topliss-reactive ketones (excluding diaryl/α,β-unsaturated/α-hetero) is 1. The number of hydrogen-bond donors (Lipinski definition) is 1. The second-order valence-electron chi connectivity index (χ2n) is 7.66. The molecule has 7 heteroatoms. The van der Waals surface area contributed by atoms with Gasteiger partial charge >= 0.3 is 5.97 Å². The SMILES string of the molecule is CCCC[C@H](CC)C(=O)N(CCOC)[C@H](C)C(=O)c1c(C)[nH]c(C(=O)OCC)c1C. The largest absolute Gasteiger partial charge is 0.461 e. The van der Waals surface area contributed by atoms with Crippen molar-refractivity contribution in [2.24, 2.45) is 5.92 Å². The first-order chi connectivity index (χ1) is 14.2. The van der Waals surface area contributed by atoms with E-state index in [2.05, 4.69) is 11.9 Å². The molecule has 0 aromatic carbocycles. The summed E-state index contributed by atoms with van der Waals surface area (Å²) in [7, 11) is 1.58. The average molecular weight is 423 g/mol. The van der Waals surface area contributed by atoms with Gasteiger partial charge in [-0.3, -0.25) is 9.59 Å². The molecular weight excluding hydrogens is 384 g/mol. The van der Waals surface area contributed by atoms with Gasteiger partial charge < -0.3 is 19.4 Å². The fourth-order valence-corrected chi connectivity index (χ4v) is 3.75. The van der Waals surface area contributed by atoms with E-state index in [9.17, 15) is 14.4 Å². The zero-order valence-electron chi connectivity index (χ0n) is 19.6. The van der Waals surface area contributed by atoms with Gasteiger partial charge in [0.05, 0.1) is 19.3 Å². The van der Waals surface area contributed by atoms with Crippen molar-refractivity contribution >= 4 is 17.7 Å². The fourth-order valence-electron chi connectivity index (χ4n) is 3.75. The number of nitrogens with one attached hydrogen (secondary N) is 1. The Kier molecular flexibility index (Phi) is 10.8. The predicted octanol–water partition coefficient (Wildman–Crippen LogP) is 4.07. The normalized spacial score (nSPS) is 13.0. The number of aryl methyl sites for hydroxylation is 1. The number of unbranched alkanes of at least 4 members (excludes halogenated alkanes) is 1. The third-order valence-corrected chi connectivity index (χ3v) is 5.58. The van der Waals surface area contributed by atoms with Crippen molar-refractivity contribution in [3.05, 3.63) is 22.5 Å². The number of ketones is 1. The first-order valence-corrected chi connectivity index (χ1v) is 10.9. The lowest BCUT2D eigenvalue weighted by atomic mass is 9.95. The molecule has 1 rings (SSSR count). The molecule has 30 heavy (non-hydrogen) atoms. The summed E-state index contributed by atoms with van der Waals surface area (Å²) in [5, 5.41) is 0. The second-order valence-corrected chi connectivity index (χ2v) is 7.66. The summed E-state index contributed by atoms with van der Waals surface area (Å²) in [6, 6.07) is -0.661. The van der Waals surface area contributed by atoms with Crippen molar-refractivity contribution in [2.45, 2.75) is 73.3 Å². The van der Waals surface area contributed by atoms with Crippen LogP contribution >= 0.6 is 0 Å². The number of amides is 1. The summed E-state index contributed by atoms with van der Waals surface area (Å²) in [6.07, 6.45) is 3.54. The van der Waals surface area contributed by atoms with Gasteiger partial charge in [0.1, 0.15) is 5.69 Å². The van der Waals surface area contributed by atoms with Crippen LogP contribution in [0.15, 0.2) is 0 Å². The number of methoxy groups -OCH3 is 1. The molecular formula is C23H38N2O5. The minimum Gasteiger partial charge on any atom is -0.461 e. The van der Waals surface area contributed by atoms with E-state index in [4.69, 9.17) is 9.47 Å². The van der Waals surface area contributed by atoms with Gasteiger partial charge in [-0.1, -0.05) is 26.7 Å². The number of esters is 1. The van der Waals surface area contributed by atoms with E-state index in [0.717, 1.165) is 25.7 Å². The molecule has 2 atom stereocenters. The zero-order chi connectivity index (χ0) is 22.8. The van der Waals surface area contributed by atoms with Gasteiger partial charge in [0, 0.05) is 30.8 Å². The molecule has 1 amide bonds. The molecule has 0 spiro atoms. The van der Waals surface area contributed by atoms with Crippen LogP contribution in [0.5, 0.6) is 0 Å². The minimum absolute atomic E-state index is 0.0136. The van der Waals surface area contributed by atoms with Gasteiger partial charge in [0.2, 0.25) is 5.91 Å². The third-order valence-electron chi connectivity index (χ3n) is 5.58. The molecule has 1 heterocycles. The van der Waals surface area contributed by atoms with Crippen molar-refractivity contribution < 1.29 is 23.9 Å². The molecule has 0 aliphatic heterocycles. The second kappa shape index (κ2) is 12.5. The van der Waals surface area contributed by atoms with Crippen LogP contribution in [-0.4, -0.2) is 60.5 Å². The summed E-state index contributed by atoms with van der Waals surface area (Å²) in [5.41, 5.74) is 1.89. The van der Waals surface area contributed by atoms with E-state index in [1.807, 2.05) is 6.92 Å². The fraction of sp³-hybridized carbons (Fsp3) is 0.696. The summed E-state index contributed by atoms with van der Waals surface area (Å²) in [4.78, 5) is 43.5. The van der Waals surface area contributed by atoms with Gasteiger partial charge in [-0.15, -0.1) is 0 Å². The quantitative estimate of drug-likeness (QED) is 0.382. The van der Waals surface area contributed by atoms with Crippen molar-refractivity contribution in [3.8, 4) is 0 Å². The number of carbonyl (C=O) groups is 3. The number of ether oxygens (including phenoxy) is 2. The Bertz CT molecular complexity index is 725. The minimum atomic E-state index is -0.661. The summed E-state index contributed by atoms with van der Waals surface area (Å²) in [5.74, 6) is -0.796. The van der Waals surface area contributed by atoms with Crippen LogP contribution in [0.4, 0.5) is 0 Å². The zero-order valence-corrected chi connectivity index (χ0v) is 19.6. The van der Waals surface area contributed by atoms with E-state index in [1.165, 1.54) is 0 Å². The molecule has 170 valence electrons. The van der Waals surface area contributed by atoms with Crippen LogP contribution in [0, 0.1) is 19.8 Å². The Morgan fingerprint density at radius 3 is 2.33 bits per heavy atom. The molecule has 0 saturated carbocycles. The smallest absolute Gasteiger partial charge is 0.355 e. The van der Waals surface area contributed by atoms with Crippen LogP contribution < -0.4 is 0 Å². The first-order valence-electron chi connectivity index (χ1n) is 10.9. The molecule has 7 nitrogen and oxygen atoms in total. The Morgan fingerprint density at radius 2 is 1.80 bits per heavy atom. The number of rotatable bonds is 13. The van der Waals surface area contributed by atoms with Crippen LogP contribution in [0.1, 0.15) is 85.5 Å². The highest BCUT2D eigenvalue weighted by atomic mass is 16.5. The van der Waals surface area contributed by atoms with Crippen molar-refractivity contribution in [3.63, 3.8) is 0 Å². The van der Waals surface area contributed by atoms with Crippen molar-refractivity contribution in [2.75, 3.05) is 26.9 Å². The molecule has 1 N–H and O–H groups in total. The van der Waals surface area contributed by atoms with Crippen LogP contribution in [0.25, 0.3) is 0 Å². The van der Waals surface area contributed by atoms with Crippen LogP contribution in [-0.2, 0) is 14.3 Å². The van der Waals surface area contributed by atoms with Gasteiger partial charge in [0.25, 0.3) is 0 Å². The van der Waals surface area contributed by atoms with Crippen molar-refractivity contribution in [1.82, 2.24) is 9.88 Å². The maximum atomic E-state index is 13.4. The summed E-state index contributed by atoms with van der Waals surface area (Å²) >= 11 is 0. The van der Waals surface area contributed by atoms with E-state index in [1.54, 1.807) is 39.7 Å². The van der Waals surface area contributed by atoms with Crippen LogP contribution in [0.3, 0.4) is 0 Å². The monoisotopic (exact) mass is 422 g/mol. The Balaban J connectivity index is 3.21. The van der Waals surface area contributed by atoms with E-state index >= 15 is 0 Å². The highest BCUT2D eigenvalue weighted by molar-refractivity contribution is 6.06. The van der Waals surface area contributed by atoms with E-state index in [-0.39, 0.29) is 29.9 Å². The van der Waals surface area contributed by atoms with Gasteiger partial charge in [-0.25, -0.2) is 4.79 Å². The average Bonchev–Trinajstić information content (AvgIpc) is 3.02. The first kappa shape index (κ1) is 25.9. The van der Waals surface area contributed by atoms with Crippen LogP contribution in [0.2, 0.25) is 0 Å². The van der Waals surface area contributed by atoms with E-state index < -0.39 is 12.0 Å². The standard InChI is InChI=1S/C23H38N2O5/c1-8-11-12-18(9-2)22(27)25(13-14-29-7)17(6)21(26)19-15(4)20(24-16(19)5)23(28)30-10-3/h17-18,24H,8-14H2,1-7H3/t17-,18+/m1/s1. The molecule has 0 saturated heterocycles. The topological polar surface area (TPSA) is 88.7 Å². The lowest BCUT2D eigenvalue weighted by Gasteiger charge is -2.31. The maximum Gasteiger partial charge on any atom is 0.355 e. The molecule has 0 aliphatic carbocycles. The van der Waals surface area contributed by atoms with Gasteiger partial charge in [-0.05, 0) is 46.1 Å². The van der Waals surface area contributed by atoms with E-state index in [0.29, 0.717) is 30.0 Å². The highest BCUT2D eigenvalue weighted by Gasteiger charge is 2.33. The Morgan fingerprint density at radius 1 is 1.13 bits per heavy atom. The number of aromatic nitrogens is 1. The molecule has 0 fully saturated rings.